The van der Waals surface area contributed by atoms with Crippen LogP contribution in [0.1, 0.15) is 31.0 Å². The first-order chi connectivity index (χ1) is 12.2. The van der Waals surface area contributed by atoms with Gasteiger partial charge in [0.2, 0.25) is 5.91 Å². The van der Waals surface area contributed by atoms with Crippen molar-refractivity contribution in [1.82, 2.24) is 20.3 Å². The molecule has 1 unspecified atom stereocenters. The zero-order valence-corrected chi connectivity index (χ0v) is 13.8. The number of carbonyl (C=O) groups is 1. The molecular formula is C19H18N4O2. The number of amides is 1. The van der Waals surface area contributed by atoms with Gasteiger partial charge in [-0.3, -0.25) is 9.78 Å². The van der Waals surface area contributed by atoms with Gasteiger partial charge in [0.1, 0.15) is 17.1 Å². The Balaban J connectivity index is 1.37. The van der Waals surface area contributed by atoms with Crippen LogP contribution in [-0.2, 0) is 11.2 Å². The van der Waals surface area contributed by atoms with Gasteiger partial charge in [-0.25, -0.2) is 4.98 Å². The van der Waals surface area contributed by atoms with Crippen molar-refractivity contribution < 1.29 is 9.21 Å². The van der Waals surface area contributed by atoms with Gasteiger partial charge in [-0.05, 0) is 31.2 Å². The molecule has 0 aliphatic carbocycles. The Bertz CT molecular complexity index is 968. The number of carbonyl (C=O) groups excluding carboxylic acids is 1. The lowest BCUT2D eigenvalue weighted by molar-refractivity contribution is -0.121. The standard InChI is InChI=1S/C19H18N4O2/c1-12(17-11-15-16(25-17)7-4-10-20-15)21-19(24)9-8-18-22-13-5-2-3-6-14(13)23-18/h2-7,10-12H,8-9H2,1H3,(H,21,24)(H,22,23). The summed E-state index contributed by atoms with van der Waals surface area (Å²) in [6.45, 7) is 1.90. The summed E-state index contributed by atoms with van der Waals surface area (Å²) >= 11 is 0. The molecule has 1 atom stereocenters. The number of aryl methyl sites for hydroxylation is 1. The lowest BCUT2D eigenvalue weighted by atomic mass is 10.2. The van der Waals surface area contributed by atoms with E-state index in [0.717, 1.165) is 28.0 Å². The second-order valence-corrected chi connectivity index (χ2v) is 6.03. The van der Waals surface area contributed by atoms with Crippen LogP contribution >= 0.6 is 0 Å². The van der Waals surface area contributed by atoms with Gasteiger partial charge in [0.05, 0.1) is 17.1 Å². The van der Waals surface area contributed by atoms with Crippen LogP contribution in [0.15, 0.2) is 53.1 Å². The lowest BCUT2D eigenvalue weighted by Crippen LogP contribution is -2.26. The Kier molecular flexibility index (Phi) is 3.93. The maximum absolute atomic E-state index is 12.2. The molecule has 0 bridgehead atoms. The number of aromatic nitrogens is 3. The van der Waals surface area contributed by atoms with E-state index in [0.29, 0.717) is 18.6 Å². The van der Waals surface area contributed by atoms with E-state index in [1.54, 1.807) is 6.20 Å². The fraction of sp³-hybridized carbons (Fsp3) is 0.211. The van der Waals surface area contributed by atoms with Gasteiger partial charge in [-0.1, -0.05) is 12.1 Å². The molecule has 0 aliphatic heterocycles. The fourth-order valence-electron chi connectivity index (χ4n) is 2.84. The molecule has 0 fully saturated rings. The van der Waals surface area contributed by atoms with E-state index >= 15 is 0 Å². The number of furan rings is 1. The average molecular weight is 334 g/mol. The van der Waals surface area contributed by atoms with Crippen molar-refractivity contribution in [3.63, 3.8) is 0 Å². The second-order valence-electron chi connectivity index (χ2n) is 6.03. The van der Waals surface area contributed by atoms with Crippen molar-refractivity contribution in [2.75, 3.05) is 0 Å². The number of hydrogen-bond acceptors (Lipinski definition) is 4. The maximum Gasteiger partial charge on any atom is 0.221 e. The molecule has 6 heteroatoms. The smallest absolute Gasteiger partial charge is 0.221 e. The molecule has 6 nitrogen and oxygen atoms in total. The first kappa shape index (κ1) is 15.4. The summed E-state index contributed by atoms with van der Waals surface area (Å²) in [5, 5.41) is 2.96. The minimum Gasteiger partial charge on any atom is -0.457 e. The topological polar surface area (TPSA) is 83.8 Å². The van der Waals surface area contributed by atoms with Gasteiger partial charge in [0, 0.05) is 25.1 Å². The first-order valence-electron chi connectivity index (χ1n) is 8.26. The summed E-state index contributed by atoms with van der Waals surface area (Å²) in [4.78, 5) is 24.2. The van der Waals surface area contributed by atoms with E-state index in [9.17, 15) is 4.79 Å². The first-order valence-corrected chi connectivity index (χ1v) is 8.26. The van der Waals surface area contributed by atoms with Gasteiger partial charge in [-0.15, -0.1) is 0 Å². The summed E-state index contributed by atoms with van der Waals surface area (Å²) in [6.07, 6.45) is 2.65. The third-order valence-corrected chi connectivity index (χ3v) is 4.14. The number of hydrogen-bond donors (Lipinski definition) is 2. The summed E-state index contributed by atoms with van der Waals surface area (Å²) in [6, 6.07) is 13.2. The second kappa shape index (κ2) is 6.39. The van der Waals surface area contributed by atoms with Gasteiger partial charge >= 0.3 is 0 Å². The van der Waals surface area contributed by atoms with Crippen molar-refractivity contribution in [2.45, 2.75) is 25.8 Å². The average Bonchev–Trinajstić information content (AvgIpc) is 3.23. The van der Waals surface area contributed by atoms with Crippen molar-refractivity contribution in [3.8, 4) is 0 Å². The Labute approximate surface area is 144 Å². The molecule has 3 heterocycles. The maximum atomic E-state index is 12.2. The predicted octanol–water partition coefficient (Wildman–Crippen LogP) is 3.51. The third-order valence-electron chi connectivity index (χ3n) is 4.14. The minimum absolute atomic E-state index is 0.0404. The van der Waals surface area contributed by atoms with Crippen LogP contribution in [0.5, 0.6) is 0 Å². The SMILES string of the molecule is CC(NC(=O)CCc1nc2ccccc2[nH]1)c1cc2ncccc2o1. The van der Waals surface area contributed by atoms with Crippen LogP contribution in [-0.4, -0.2) is 20.9 Å². The number of pyridine rings is 1. The molecule has 0 spiro atoms. The van der Waals surface area contributed by atoms with Crippen LogP contribution in [0.3, 0.4) is 0 Å². The molecular weight excluding hydrogens is 316 g/mol. The number of aromatic amines is 1. The van der Waals surface area contributed by atoms with Crippen molar-refractivity contribution in [3.05, 3.63) is 60.2 Å². The number of fused-ring (bicyclic) bond motifs is 2. The molecule has 4 rings (SSSR count). The van der Waals surface area contributed by atoms with E-state index in [1.807, 2.05) is 49.4 Å². The molecule has 126 valence electrons. The van der Waals surface area contributed by atoms with Crippen LogP contribution in [0.2, 0.25) is 0 Å². The lowest BCUT2D eigenvalue weighted by Gasteiger charge is -2.10. The summed E-state index contributed by atoms with van der Waals surface area (Å²) in [5.74, 6) is 1.48. The Hall–Kier alpha value is -3.15. The summed E-state index contributed by atoms with van der Waals surface area (Å²) in [5.41, 5.74) is 3.42. The van der Waals surface area contributed by atoms with E-state index in [1.165, 1.54) is 0 Å². The monoisotopic (exact) mass is 334 g/mol. The molecule has 0 saturated heterocycles. The molecule has 25 heavy (non-hydrogen) atoms. The summed E-state index contributed by atoms with van der Waals surface area (Å²) in [7, 11) is 0. The molecule has 4 aromatic rings. The Morgan fingerprint density at radius 3 is 2.96 bits per heavy atom. The normalized spacial score (nSPS) is 12.5. The number of benzene rings is 1. The van der Waals surface area contributed by atoms with Gasteiger partial charge in [0.25, 0.3) is 0 Å². The number of imidazole rings is 1. The Morgan fingerprint density at radius 2 is 2.12 bits per heavy atom. The minimum atomic E-state index is -0.211. The fourth-order valence-corrected chi connectivity index (χ4v) is 2.84. The van der Waals surface area contributed by atoms with E-state index < -0.39 is 0 Å². The van der Waals surface area contributed by atoms with E-state index in [4.69, 9.17) is 4.42 Å². The highest BCUT2D eigenvalue weighted by molar-refractivity contribution is 5.78. The van der Waals surface area contributed by atoms with Gasteiger partial charge in [0.15, 0.2) is 5.58 Å². The quantitative estimate of drug-likeness (QED) is 0.585. The van der Waals surface area contributed by atoms with Crippen LogP contribution in [0, 0.1) is 0 Å². The number of rotatable bonds is 5. The van der Waals surface area contributed by atoms with Crippen molar-refractivity contribution >= 4 is 28.0 Å². The highest BCUT2D eigenvalue weighted by Gasteiger charge is 2.15. The number of nitrogens with zero attached hydrogens (tertiary/aromatic N) is 2. The van der Waals surface area contributed by atoms with E-state index in [-0.39, 0.29) is 11.9 Å². The van der Waals surface area contributed by atoms with Crippen molar-refractivity contribution in [2.24, 2.45) is 0 Å². The molecule has 1 amide bonds. The van der Waals surface area contributed by atoms with Crippen molar-refractivity contribution in [1.29, 1.82) is 0 Å². The van der Waals surface area contributed by atoms with Crippen LogP contribution in [0.25, 0.3) is 22.1 Å². The molecule has 2 N–H and O–H groups in total. The molecule has 0 aliphatic rings. The number of nitrogens with one attached hydrogen (secondary N) is 2. The Morgan fingerprint density at radius 1 is 1.24 bits per heavy atom. The highest BCUT2D eigenvalue weighted by Crippen LogP contribution is 2.22. The van der Waals surface area contributed by atoms with E-state index in [2.05, 4.69) is 20.3 Å². The highest BCUT2D eigenvalue weighted by atomic mass is 16.3. The predicted molar refractivity (Wildman–Crippen MR) is 95.0 cm³/mol. The summed E-state index contributed by atoms with van der Waals surface area (Å²) < 4.78 is 5.74. The molecule has 0 radical (unpaired) electrons. The molecule has 1 aromatic carbocycles. The molecule has 0 saturated carbocycles. The zero-order chi connectivity index (χ0) is 17.2. The zero-order valence-electron chi connectivity index (χ0n) is 13.8. The van der Waals surface area contributed by atoms with Crippen LogP contribution in [0.4, 0.5) is 0 Å². The number of H-pyrrole nitrogens is 1. The molecule has 3 aromatic heterocycles. The third kappa shape index (κ3) is 3.24. The van der Waals surface area contributed by atoms with Gasteiger partial charge < -0.3 is 14.7 Å². The largest absolute Gasteiger partial charge is 0.457 e. The number of para-hydroxylation sites is 2. The van der Waals surface area contributed by atoms with Gasteiger partial charge in [-0.2, -0.15) is 0 Å². The van der Waals surface area contributed by atoms with Crippen LogP contribution < -0.4 is 5.32 Å².